The van der Waals surface area contributed by atoms with Crippen molar-refractivity contribution in [1.29, 1.82) is 0 Å². The number of hydrogen-bond acceptors (Lipinski definition) is 5. The summed E-state index contributed by atoms with van der Waals surface area (Å²) in [7, 11) is 1.86. The van der Waals surface area contributed by atoms with Crippen LogP contribution >= 0.6 is 0 Å². The second-order valence-electron chi connectivity index (χ2n) is 5.61. The number of carbonyl (C=O) groups excluding carboxylic acids is 1. The smallest absolute Gasteiger partial charge is 0.326 e. The van der Waals surface area contributed by atoms with Crippen molar-refractivity contribution in [3.05, 3.63) is 0 Å². The number of likely N-dealkylation sites (N-methyl/N-ethyl adjacent to an activating group) is 1. The Morgan fingerprint density at radius 1 is 1.58 bits per heavy atom. The minimum absolute atomic E-state index is 0.0964. The lowest BCUT2D eigenvalue weighted by Gasteiger charge is -2.38. The number of esters is 1. The third-order valence-corrected chi connectivity index (χ3v) is 4.52. The van der Waals surface area contributed by atoms with Gasteiger partial charge in [-0.1, -0.05) is 0 Å². The molecule has 5 nitrogen and oxygen atoms in total. The van der Waals surface area contributed by atoms with Crippen LogP contribution in [0.4, 0.5) is 0 Å². The molecule has 0 amide bonds. The summed E-state index contributed by atoms with van der Waals surface area (Å²) in [5.74, 6) is -0.0964. The first-order valence-corrected chi connectivity index (χ1v) is 7.32. The quantitative estimate of drug-likeness (QED) is 0.765. The highest BCUT2D eigenvalue weighted by Gasteiger charge is 2.47. The highest BCUT2D eigenvalue weighted by atomic mass is 16.5. The number of hydrogen-bond donors (Lipinski definition) is 1. The molecule has 1 saturated carbocycles. The van der Waals surface area contributed by atoms with Crippen LogP contribution in [0, 0.1) is 0 Å². The number of nitrogens with zero attached hydrogens (tertiary/aromatic N) is 1. The van der Waals surface area contributed by atoms with E-state index in [0.717, 1.165) is 39.0 Å². The molecule has 1 N–H and O–H groups in total. The van der Waals surface area contributed by atoms with Crippen LogP contribution in [0.2, 0.25) is 0 Å². The average molecular weight is 270 g/mol. The van der Waals surface area contributed by atoms with Gasteiger partial charge in [-0.05, 0) is 40.2 Å². The van der Waals surface area contributed by atoms with Crippen LogP contribution in [-0.4, -0.2) is 61.9 Å². The number of nitrogens with one attached hydrogen (secondary N) is 1. The number of morpholine rings is 1. The molecule has 2 rings (SSSR count). The minimum atomic E-state index is -0.487. The van der Waals surface area contributed by atoms with Crippen LogP contribution in [0.25, 0.3) is 0 Å². The summed E-state index contributed by atoms with van der Waals surface area (Å²) in [5.41, 5.74) is -0.487. The third-order valence-electron chi connectivity index (χ3n) is 4.52. The zero-order valence-electron chi connectivity index (χ0n) is 12.3. The van der Waals surface area contributed by atoms with Gasteiger partial charge >= 0.3 is 5.97 Å². The zero-order valence-corrected chi connectivity index (χ0v) is 12.3. The SMILES string of the molecule is CCOC(=O)C1(NC)CCC(N2CCOCC2C)C1. The van der Waals surface area contributed by atoms with E-state index in [4.69, 9.17) is 9.47 Å². The molecule has 0 aromatic heterocycles. The lowest BCUT2D eigenvalue weighted by molar-refractivity contribution is -0.151. The Hall–Kier alpha value is -0.650. The predicted octanol–water partition coefficient (Wildman–Crippen LogP) is 0.781. The van der Waals surface area contributed by atoms with Gasteiger partial charge in [-0.3, -0.25) is 9.69 Å². The molecule has 1 aliphatic heterocycles. The van der Waals surface area contributed by atoms with Crippen molar-refractivity contribution in [2.75, 3.05) is 33.4 Å². The lowest BCUT2D eigenvalue weighted by atomic mass is 9.97. The molecular weight excluding hydrogens is 244 g/mol. The van der Waals surface area contributed by atoms with Crippen LogP contribution in [0.15, 0.2) is 0 Å². The standard InChI is InChI=1S/C14H26N2O3/c1-4-19-13(17)14(15-3)6-5-12(9-14)16-7-8-18-10-11(16)2/h11-12,15H,4-10H2,1-3H3. The molecule has 0 radical (unpaired) electrons. The zero-order chi connectivity index (χ0) is 13.9. The molecular formula is C14H26N2O3. The second kappa shape index (κ2) is 6.20. The Kier molecular flexibility index (Phi) is 4.81. The molecule has 1 heterocycles. The molecule has 0 spiro atoms. The molecule has 3 atom stereocenters. The lowest BCUT2D eigenvalue weighted by Crippen LogP contribution is -2.53. The number of rotatable bonds is 4. The van der Waals surface area contributed by atoms with Gasteiger partial charge in [-0.25, -0.2) is 0 Å². The summed E-state index contributed by atoms with van der Waals surface area (Å²) in [6, 6.07) is 0.893. The maximum atomic E-state index is 12.2. The maximum absolute atomic E-state index is 12.2. The van der Waals surface area contributed by atoms with Crippen molar-refractivity contribution in [2.24, 2.45) is 0 Å². The van der Waals surface area contributed by atoms with E-state index in [1.807, 2.05) is 14.0 Å². The van der Waals surface area contributed by atoms with Gasteiger partial charge in [0, 0.05) is 18.6 Å². The van der Waals surface area contributed by atoms with E-state index in [1.165, 1.54) is 0 Å². The normalized spacial score (nSPS) is 36.4. The molecule has 0 bridgehead atoms. The van der Waals surface area contributed by atoms with Crippen LogP contribution in [0.1, 0.15) is 33.1 Å². The highest BCUT2D eigenvalue weighted by molar-refractivity contribution is 5.81. The van der Waals surface area contributed by atoms with Crippen LogP contribution in [0.3, 0.4) is 0 Å². The summed E-state index contributed by atoms with van der Waals surface area (Å²) in [6.07, 6.45) is 2.74. The molecule has 19 heavy (non-hydrogen) atoms. The Morgan fingerprint density at radius 2 is 2.37 bits per heavy atom. The highest BCUT2D eigenvalue weighted by Crippen LogP contribution is 2.35. The number of ether oxygens (including phenoxy) is 2. The second-order valence-corrected chi connectivity index (χ2v) is 5.61. The minimum Gasteiger partial charge on any atom is -0.465 e. The summed E-state index contributed by atoms with van der Waals surface area (Å²) in [4.78, 5) is 14.7. The van der Waals surface area contributed by atoms with Gasteiger partial charge < -0.3 is 14.8 Å². The van der Waals surface area contributed by atoms with Gasteiger partial charge in [0.1, 0.15) is 5.54 Å². The van der Waals surface area contributed by atoms with Gasteiger partial charge in [-0.15, -0.1) is 0 Å². The van der Waals surface area contributed by atoms with Crippen molar-refractivity contribution < 1.29 is 14.3 Å². The Morgan fingerprint density at radius 3 is 3.00 bits per heavy atom. The Labute approximate surface area is 115 Å². The average Bonchev–Trinajstić information content (AvgIpc) is 2.85. The molecule has 110 valence electrons. The van der Waals surface area contributed by atoms with Gasteiger partial charge in [-0.2, -0.15) is 0 Å². The van der Waals surface area contributed by atoms with Gasteiger partial charge in [0.25, 0.3) is 0 Å². The van der Waals surface area contributed by atoms with Crippen molar-refractivity contribution in [1.82, 2.24) is 10.2 Å². The number of carbonyl (C=O) groups is 1. The molecule has 2 aliphatic rings. The topological polar surface area (TPSA) is 50.8 Å². The van der Waals surface area contributed by atoms with E-state index in [0.29, 0.717) is 18.7 Å². The molecule has 3 unspecified atom stereocenters. The monoisotopic (exact) mass is 270 g/mol. The summed E-state index contributed by atoms with van der Waals surface area (Å²) in [5, 5.41) is 3.21. The van der Waals surface area contributed by atoms with Gasteiger partial charge in [0.2, 0.25) is 0 Å². The summed E-state index contributed by atoms with van der Waals surface area (Å²) < 4.78 is 10.7. The van der Waals surface area contributed by atoms with E-state index >= 15 is 0 Å². The molecule has 0 aromatic rings. The van der Waals surface area contributed by atoms with Crippen LogP contribution in [-0.2, 0) is 14.3 Å². The molecule has 1 aliphatic carbocycles. The van der Waals surface area contributed by atoms with E-state index in [9.17, 15) is 4.79 Å². The third kappa shape index (κ3) is 2.93. The van der Waals surface area contributed by atoms with Crippen molar-refractivity contribution in [3.63, 3.8) is 0 Å². The summed E-state index contributed by atoms with van der Waals surface area (Å²) >= 11 is 0. The Bertz CT molecular complexity index is 324. The predicted molar refractivity (Wildman–Crippen MR) is 73.0 cm³/mol. The molecule has 5 heteroatoms. The fraction of sp³-hybridized carbons (Fsp3) is 0.929. The van der Waals surface area contributed by atoms with E-state index in [1.54, 1.807) is 0 Å². The first-order valence-electron chi connectivity index (χ1n) is 7.32. The molecule has 2 fully saturated rings. The largest absolute Gasteiger partial charge is 0.465 e. The van der Waals surface area contributed by atoms with Crippen molar-refractivity contribution in [2.45, 2.75) is 50.7 Å². The fourth-order valence-corrected chi connectivity index (χ4v) is 3.37. The Balaban J connectivity index is 2.02. The molecule has 1 saturated heterocycles. The fourth-order valence-electron chi connectivity index (χ4n) is 3.37. The van der Waals surface area contributed by atoms with E-state index in [2.05, 4.69) is 17.1 Å². The van der Waals surface area contributed by atoms with Crippen molar-refractivity contribution >= 4 is 5.97 Å². The van der Waals surface area contributed by atoms with Gasteiger partial charge in [0.05, 0.1) is 19.8 Å². The first kappa shape index (κ1) is 14.8. The van der Waals surface area contributed by atoms with Gasteiger partial charge in [0.15, 0.2) is 0 Å². The van der Waals surface area contributed by atoms with E-state index in [-0.39, 0.29) is 5.97 Å². The van der Waals surface area contributed by atoms with Crippen molar-refractivity contribution in [3.8, 4) is 0 Å². The maximum Gasteiger partial charge on any atom is 0.326 e. The van der Waals surface area contributed by atoms with Crippen LogP contribution < -0.4 is 5.32 Å². The van der Waals surface area contributed by atoms with E-state index < -0.39 is 5.54 Å². The first-order chi connectivity index (χ1) is 9.13. The summed E-state index contributed by atoms with van der Waals surface area (Å²) in [6.45, 7) is 7.06. The molecule has 0 aromatic carbocycles. The van der Waals surface area contributed by atoms with Crippen LogP contribution in [0.5, 0.6) is 0 Å².